The standard InChI is InChI=1S/C16H23Cl2N3O2/c1-4-21(5-2)16(23)11-20(3)10-15(22)19-9-12-6-7-13(17)8-14(12)18/h6-8H,4-5,9-11H2,1-3H3,(H,19,22)/p+1. The van der Waals surface area contributed by atoms with Crippen LogP contribution >= 0.6 is 23.2 Å². The average Bonchev–Trinajstić information content (AvgIpc) is 2.47. The fourth-order valence-electron chi connectivity index (χ4n) is 2.20. The van der Waals surface area contributed by atoms with E-state index in [2.05, 4.69) is 5.32 Å². The first-order valence-electron chi connectivity index (χ1n) is 7.67. The van der Waals surface area contributed by atoms with Gasteiger partial charge in [0.15, 0.2) is 13.1 Å². The molecule has 0 bridgehead atoms. The number of nitrogens with one attached hydrogen (secondary N) is 2. The van der Waals surface area contributed by atoms with Crippen LogP contribution in [-0.2, 0) is 16.1 Å². The summed E-state index contributed by atoms with van der Waals surface area (Å²) in [6.45, 7) is 6.13. The lowest BCUT2D eigenvalue weighted by Crippen LogP contribution is -3.11. The van der Waals surface area contributed by atoms with Gasteiger partial charge in [-0.1, -0.05) is 29.3 Å². The number of likely N-dealkylation sites (N-methyl/N-ethyl adjacent to an activating group) is 2. The molecule has 1 unspecified atom stereocenters. The van der Waals surface area contributed by atoms with E-state index in [1.54, 1.807) is 23.1 Å². The number of hydrogen-bond donors (Lipinski definition) is 2. The Labute approximate surface area is 147 Å². The Morgan fingerprint density at radius 2 is 1.83 bits per heavy atom. The van der Waals surface area contributed by atoms with Gasteiger partial charge in [0, 0.05) is 29.7 Å². The topological polar surface area (TPSA) is 53.9 Å². The van der Waals surface area contributed by atoms with Crippen LogP contribution in [0, 0.1) is 0 Å². The van der Waals surface area contributed by atoms with Gasteiger partial charge in [-0.05, 0) is 31.5 Å². The summed E-state index contributed by atoms with van der Waals surface area (Å²) < 4.78 is 0. The smallest absolute Gasteiger partial charge is 0.277 e. The monoisotopic (exact) mass is 360 g/mol. The molecule has 0 aliphatic carbocycles. The van der Waals surface area contributed by atoms with Gasteiger partial charge in [0.05, 0.1) is 7.05 Å². The van der Waals surface area contributed by atoms with Crippen molar-refractivity contribution in [2.75, 3.05) is 33.2 Å². The molecular weight excluding hydrogens is 337 g/mol. The van der Waals surface area contributed by atoms with Gasteiger partial charge in [-0.15, -0.1) is 0 Å². The van der Waals surface area contributed by atoms with Gasteiger partial charge in [0.25, 0.3) is 11.8 Å². The Balaban J connectivity index is 2.42. The van der Waals surface area contributed by atoms with Gasteiger partial charge in [0.2, 0.25) is 0 Å². The van der Waals surface area contributed by atoms with E-state index in [4.69, 9.17) is 23.2 Å². The van der Waals surface area contributed by atoms with Crippen molar-refractivity contribution in [3.8, 4) is 0 Å². The molecule has 0 aliphatic rings. The first-order valence-corrected chi connectivity index (χ1v) is 8.42. The fourth-order valence-corrected chi connectivity index (χ4v) is 2.68. The second-order valence-electron chi connectivity index (χ2n) is 5.39. The molecule has 0 heterocycles. The van der Waals surface area contributed by atoms with Crippen LogP contribution < -0.4 is 10.2 Å². The van der Waals surface area contributed by atoms with Crippen molar-refractivity contribution in [2.24, 2.45) is 0 Å². The molecule has 0 saturated heterocycles. The van der Waals surface area contributed by atoms with E-state index < -0.39 is 0 Å². The van der Waals surface area contributed by atoms with E-state index in [9.17, 15) is 9.59 Å². The van der Waals surface area contributed by atoms with Gasteiger partial charge in [-0.2, -0.15) is 0 Å². The predicted octanol–water partition coefficient (Wildman–Crippen LogP) is 0.993. The van der Waals surface area contributed by atoms with E-state index >= 15 is 0 Å². The van der Waals surface area contributed by atoms with Crippen molar-refractivity contribution in [1.29, 1.82) is 0 Å². The highest BCUT2D eigenvalue weighted by Crippen LogP contribution is 2.20. The highest BCUT2D eigenvalue weighted by Gasteiger charge is 2.17. The number of benzene rings is 1. The number of hydrogen-bond acceptors (Lipinski definition) is 2. The molecule has 2 N–H and O–H groups in total. The first-order chi connectivity index (χ1) is 10.9. The van der Waals surface area contributed by atoms with Gasteiger partial charge < -0.3 is 15.1 Å². The molecule has 0 fully saturated rings. The molecule has 0 radical (unpaired) electrons. The molecule has 2 amide bonds. The summed E-state index contributed by atoms with van der Waals surface area (Å²) in [6.07, 6.45) is 0. The number of quaternary nitrogens is 1. The van der Waals surface area contributed by atoms with Crippen LogP contribution in [0.25, 0.3) is 0 Å². The van der Waals surface area contributed by atoms with E-state index in [1.807, 2.05) is 20.9 Å². The maximum Gasteiger partial charge on any atom is 0.277 e. The van der Waals surface area contributed by atoms with Crippen molar-refractivity contribution in [3.05, 3.63) is 33.8 Å². The SMILES string of the molecule is CCN(CC)C(=O)C[NH+](C)CC(=O)NCc1ccc(Cl)cc1Cl. The first kappa shape index (κ1) is 19.7. The Hall–Kier alpha value is -1.30. The minimum absolute atomic E-state index is 0.0565. The molecule has 0 spiro atoms. The number of amides is 2. The minimum atomic E-state index is -0.124. The number of halogens is 2. The molecule has 0 saturated carbocycles. The quantitative estimate of drug-likeness (QED) is 0.726. The van der Waals surface area contributed by atoms with Gasteiger partial charge in [-0.3, -0.25) is 9.59 Å². The van der Waals surface area contributed by atoms with E-state index in [0.29, 0.717) is 36.2 Å². The Morgan fingerprint density at radius 1 is 1.17 bits per heavy atom. The molecule has 7 heteroatoms. The van der Waals surface area contributed by atoms with E-state index in [-0.39, 0.29) is 18.4 Å². The van der Waals surface area contributed by atoms with Gasteiger partial charge >= 0.3 is 0 Å². The minimum Gasteiger partial charge on any atom is -0.347 e. The molecular formula is C16H24Cl2N3O2+. The van der Waals surface area contributed by atoms with Gasteiger partial charge in [-0.25, -0.2) is 0 Å². The maximum absolute atomic E-state index is 12.0. The Bertz CT molecular complexity index is 548. The number of carbonyl (C=O) groups is 2. The van der Waals surface area contributed by atoms with E-state index in [1.165, 1.54) is 0 Å². The Kier molecular flexibility index (Phi) is 8.37. The number of rotatable bonds is 8. The maximum atomic E-state index is 12.0. The summed E-state index contributed by atoms with van der Waals surface area (Å²) in [5.41, 5.74) is 0.807. The lowest BCUT2D eigenvalue weighted by molar-refractivity contribution is -0.863. The molecule has 1 aromatic carbocycles. The van der Waals surface area contributed by atoms with Crippen LogP contribution in [0.5, 0.6) is 0 Å². The molecule has 5 nitrogen and oxygen atoms in total. The van der Waals surface area contributed by atoms with Crippen molar-refractivity contribution in [2.45, 2.75) is 20.4 Å². The molecule has 0 aliphatic heterocycles. The van der Waals surface area contributed by atoms with Crippen molar-refractivity contribution >= 4 is 35.0 Å². The fraction of sp³-hybridized carbons (Fsp3) is 0.500. The molecule has 23 heavy (non-hydrogen) atoms. The van der Waals surface area contributed by atoms with Gasteiger partial charge in [0.1, 0.15) is 0 Å². The molecule has 1 atom stereocenters. The van der Waals surface area contributed by atoms with Crippen LogP contribution in [-0.4, -0.2) is 49.9 Å². The summed E-state index contributed by atoms with van der Waals surface area (Å²) in [6, 6.07) is 5.16. The summed E-state index contributed by atoms with van der Waals surface area (Å²) in [4.78, 5) is 26.6. The van der Waals surface area contributed by atoms with Crippen LogP contribution in [0.4, 0.5) is 0 Å². The number of nitrogens with zero attached hydrogens (tertiary/aromatic N) is 1. The lowest BCUT2D eigenvalue weighted by Gasteiger charge is -2.20. The highest BCUT2D eigenvalue weighted by molar-refractivity contribution is 6.35. The third-order valence-electron chi connectivity index (χ3n) is 3.52. The predicted molar refractivity (Wildman–Crippen MR) is 92.9 cm³/mol. The van der Waals surface area contributed by atoms with Crippen molar-refractivity contribution in [3.63, 3.8) is 0 Å². The second-order valence-corrected chi connectivity index (χ2v) is 6.23. The summed E-state index contributed by atoms with van der Waals surface area (Å²) in [5.74, 6) is -0.0677. The zero-order valence-electron chi connectivity index (χ0n) is 13.8. The number of carbonyl (C=O) groups excluding carboxylic acids is 2. The summed E-state index contributed by atoms with van der Waals surface area (Å²) in [5, 5.41) is 3.89. The third kappa shape index (κ3) is 6.77. The molecule has 128 valence electrons. The zero-order valence-corrected chi connectivity index (χ0v) is 15.3. The Morgan fingerprint density at radius 3 is 2.39 bits per heavy atom. The van der Waals surface area contributed by atoms with Crippen LogP contribution in [0.3, 0.4) is 0 Å². The normalized spacial score (nSPS) is 11.9. The lowest BCUT2D eigenvalue weighted by atomic mass is 10.2. The van der Waals surface area contributed by atoms with Crippen LogP contribution in [0.15, 0.2) is 18.2 Å². The zero-order chi connectivity index (χ0) is 17.4. The largest absolute Gasteiger partial charge is 0.347 e. The third-order valence-corrected chi connectivity index (χ3v) is 4.11. The molecule has 1 rings (SSSR count). The summed E-state index contributed by atoms with van der Waals surface area (Å²) in [7, 11) is 1.83. The van der Waals surface area contributed by atoms with E-state index in [0.717, 1.165) is 10.5 Å². The van der Waals surface area contributed by atoms with Crippen molar-refractivity contribution < 1.29 is 14.5 Å². The molecule has 0 aromatic heterocycles. The van der Waals surface area contributed by atoms with Crippen LogP contribution in [0.2, 0.25) is 10.0 Å². The van der Waals surface area contributed by atoms with Crippen molar-refractivity contribution in [1.82, 2.24) is 10.2 Å². The highest BCUT2D eigenvalue weighted by atomic mass is 35.5. The second kappa shape index (κ2) is 9.75. The average molecular weight is 361 g/mol. The summed E-state index contributed by atoms with van der Waals surface area (Å²) >= 11 is 11.9. The molecule has 1 aromatic rings. The van der Waals surface area contributed by atoms with Crippen LogP contribution in [0.1, 0.15) is 19.4 Å².